The molecular formula is C20H27N3O7S2. The second-order valence-electron chi connectivity index (χ2n) is 8.01. The number of hydrogen-bond donors (Lipinski definition) is 1. The first-order valence-corrected chi connectivity index (χ1v) is 13.4. The zero-order chi connectivity index (χ0) is 22.9. The van der Waals surface area contributed by atoms with E-state index in [1.54, 1.807) is 0 Å². The fraction of sp³-hybridized carbons (Fsp3) is 0.550. The zero-order valence-electron chi connectivity index (χ0n) is 17.6. The van der Waals surface area contributed by atoms with Gasteiger partial charge in [0.05, 0.1) is 29.1 Å². The molecule has 1 aromatic rings. The molecule has 1 aromatic carbocycles. The number of benzene rings is 1. The van der Waals surface area contributed by atoms with Crippen molar-refractivity contribution in [1.29, 1.82) is 0 Å². The molecule has 4 rings (SSSR count). The highest BCUT2D eigenvalue weighted by molar-refractivity contribution is 7.89. The van der Waals surface area contributed by atoms with Crippen molar-refractivity contribution in [2.24, 2.45) is 5.92 Å². The van der Waals surface area contributed by atoms with Gasteiger partial charge in [-0.05, 0) is 49.1 Å². The number of hydrogen-bond acceptors (Lipinski definition) is 7. The van der Waals surface area contributed by atoms with Gasteiger partial charge in [0.25, 0.3) is 0 Å². The van der Waals surface area contributed by atoms with E-state index in [1.807, 2.05) is 0 Å². The topological polar surface area (TPSA) is 122 Å². The fourth-order valence-corrected chi connectivity index (χ4v) is 7.17. The molecule has 0 aromatic heterocycles. The van der Waals surface area contributed by atoms with Crippen molar-refractivity contribution in [2.75, 3.05) is 39.4 Å². The first-order valence-electron chi connectivity index (χ1n) is 10.5. The van der Waals surface area contributed by atoms with E-state index in [1.165, 1.54) is 39.0 Å². The van der Waals surface area contributed by atoms with Crippen molar-refractivity contribution in [2.45, 2.75) is 35.0 Å². The number of carbonyl (C=O) groups excluding carboxylic acids is 1. The van der Waals surface area contributed by atoms with E-state index in [-0.39, 0.29) is 47.4 Å². The van der Waals surface area contributed by atoms with Crippen LogP contribution in [-0.4, -0.2) is 83.1 Å². The van der Waals surface area contributed by atoms with Crippen LogP contribution in [0.2, 0.25) is 0 Å². The Balaban J connectivity index is 1.45. The van der Waals surface area contributed by atoms with E-state index in [9.17, 15) is 21.6 Å². The SMILES string of the molecule is C=CC(=O)NC1CC2CCN(S(=O)(=O)c3ccc(S(=O)(=O)N4CCOCC4)cc3)CC2O1. The molecule has 10 nitrogen and oxygen atoms in total. The van der Waals surface area contributed by atoms with Crippen molar-refractivity contribution < 1.29 is 31.1 Å². The second kappa shape index (κ2) is 9.20. The molecule has 3 saturated heterocycles. The lowest BCUT2D eigenvalue weighted by molar-refractivity contribution is -0.120. The molecule has 176 valence electrons. The van der Waals surface area contributed by atoms with Crippen LogP contribution in [0.15, 0.2) is 46.7 Å². The van der Waals surface area contributed by atoms with Crippen LogP contribution < -0.4 is 5.32 Å². The summed E-state index contributed by atoms with van der Waals surface area (Å²) in [5.41, 5.74) is 0. The summed E-state index contributed by atoms with van der Waals surface area (Å²) >= 11 is 0. The number of piperidine rings is 1. The van der Waals surface area contributed by atoms with E-state index >= 15 is 0 Å². The van der Waals surface area contributed by atoms with Gasteiger partial charge in [-0.25, -0.2) is 16.8 Å². The van der Waals surface area contributed by atoms with Gasteiger partial charge in [0, 0.05) is 26.2 Å². The number of fused-ring (bicyclic) bond motifs is 1. The summed E-state index contributed by atoms with van der Waals surface area (Å²) in [6, 6.07) is 5.32. The Morgan fingerprint density at radius 3 is 2.19 bits per heavy atom. The first-order chi connectivity index (χ1) is 15.2. The third-order valence-corrected chi connectivity index (χ3v) is 9.86. The molecule has 0 aliphatic carbocycles. The Hall–Kier alpha value is -1.83. The molecule has 0 bridgehead atoms. The Morgan fingerprint density at radius 2 is 1.59 bits per heavy atom. The van der Waals surface area contributed by atoms with E-state index in [4.69, 9.17) is 9.47 Å². The average Bonchev–Trinajstić information content (AvgIpc) is 3.21. The molecule has 3 aliphatic rings. The number of amides is 1. The Kier molecular flexibility index (Phi) is 6.71. The molecule has 3 fully saturated rings. The lowest BCUT2D eigenvalue weighted by Gasteiger charge is -2.33. The normalized spacial score (nSPS) is 27.6. The summed E-state index contributed by atoms with van der Waals surface area (Å²) in [5.74, 6) is -0.164. The van der Waals surface area contributed by atoms with Crippen molar-refractivity contribution >= 4 is 26.0 Å². The Bertz CT molecular complexity index is 1070. The average molecular weight is 486 g/mol. The van der Waals surface area contributed by atoms with Gasteiger partial charge in [-0.3, -0.25) is 4.79 Å². The molecule has 3 atom stereocenters. The molecule has 1 N–H and O–H groups in total. The second-order valence-corrected chi connectivity index (χ2v) is 11.9. The summed E-state index contributed by atoms with van der Waals surface area (Å²) in [6.07, 6.45) is 1.66. The van der Waals surface area contributed by atoms with Crippen LogP contribution in [0.25, 0.3) is 0 Å². The Morgan fingerprint density at radius 1 is 1.00 bits per heavy atom. The highest BCUT2D eigenvalue weighted by Gasteiger charge is 2.42. The van der Waals surface area contributed by atoms with E-state index < -0.39 is 26.3 Å². The first kappa shape index (κ1) is 23.3. The van der Waals surface area contributed by atoms with Crippen molar-refractivity contribution in [3.05, 3.63) is 36.9 Å². The number of ether oxygens (including phenoxy) is 2. The van der Waals surface area contributed by atoms with Gasteiger partial charge in [-0.1, -0.05) is 6.58 Å². The van der Waals surface area contributed by atoms with Crippen LogP contribution in [0.4, 0.5) is 0 Å². The van der Waals surface area contributed by atoms with Crippen LogP contribution in [0.5, 0.6) is 0 Å². The molecule has 0 spiro atoms. The number of nitrogens with zero attached hydrogens (tertiary/aromatic N) is 2. The number of sulfonamides is 2. The van der Waals surface area contributed by atoms with Crippen LogP contribution in [-0.2, 0) is 34.3 Å². The lowest BCUT2D eigenvalue weighted by atomic mass is 9.94. The minimum absolute atomic E-state index is 0.0337. The minimum Gasteiger partial charge on any atom is -0.379 e. The van der Waals surface area contributed by atoms with Gasteiger partial charge in [0.15, 0.2) is 0 Å². The third-order valence-electron chi connectivity index (χ3n) is 6.07. The largest absolute Gasteiger partial charge is 0.379 e. The van der Waals surface area contributed by atoms with Crippen LogP contribution in [0.3, 0.4) is 0 Å². The predicted octanol–water partition coefficient (Wildman–Crippen LogP) is 0.135. The van der Waals surface area contributed by atoms with Gasteiger partial charge in [0.1, 0.15) is 6.23 Å². The smallest absolute Gasteiger partial charge is 0.245 e. The molecule has 32 heavy (non-hydrogen) atoms. The molecule has 12 heteroatoms. The molecule has 3 heterocycles. The standard InChI is InChI=1S/C20H27N3O7S2/c1-2-19(24)21-20-13-15-7-8-23(14-18(15)30-20)32(27,28)17-5-3-16(4-6-17)31(25,26)22-9-11-29-12-10-22/h2-6,15,18,20H,1,7-14H2,(H,21,24). The van der Waals surface area contributed by atoms with E-state index in [0.717, 1.165) is 0 Å². The summed E-state index contributed by atoms with van der Waals surface area (Å²) in [7, 11) is -7.51. The van der Waals surface area contributed by atoms with Gasteiger partial charge in [-0.15, -0.1) is 0 Å². The monoisotopic (exact) mass is 485 g/mol. The van der Waals surface area contributed by atoms with Crippen molar-refractivity contribution in [3.8, 4) is 0 Å². The quantitative estimate of drug-likeness (QED) is 0.569. The molecule has 0 saturated carbocycles. The highest BCUT2D eigenvalue weighted by atomic mass is 32.2. The van der Waals surface area contributed by atoms with Crippen LogP contribution in [0.1, 0.15) is 12.8 Å². The predicted molar refractivity (Wildman–Crippen MR) is 115 cm³/mol. The van der Waals surface area contributed by atoms with Crippen LogP contribution in [0, 0.1) is 5.92 Å². The lowest BCUT2D eigenvalue weighted by Crippen LogP contribution is -2.45. The summed E-state index contributed by atoms with van der Waals surface area (Å²) in [4.78, 5) is 11.6. The zero-order valence-corrected chi connectivity index (χ0v) is 19.2. The summed E-state index contributed by atoms with van der Waals surface area (Å²) in [6.45, 7) is 5.15. The van der Waals surface area contributed by atoms with Crippen LogP contribution >= 0.6 is 0 Å². The number of rotatable bonds is 6. The van der Waals surface area contributed by atoms with Gasteiger partial charge >= 0.3 is 0 Å². The number of nitrogens with one attached hydrogen (secondary N) is 1. The van der Waals surface area contributed by atoms with E-state index in [2.05, 4.69) is 11.9 Å². The maximum atomic E-state index is 13.2. The van der Waals surface area contributed by atoms with Crippen molar-refractivity contribution in [1.82, 2.24) is 13.9 Å². The molecule has 1 amide bonds. The number of morpholine rings is 1. The molecule has 3 unspecified atom stereocenters. The van der Waals surface area contributed by atoms with Crippen molar-refractivity contribution in [3.63, 3.8) is 0 Å². The molecule has 3 aliphatic heterocycles. The highest BCUT2D eigenvalue weighted by Crippen LogP contribution is 2.34. The van der Waals surface area contributed by atoms with Gasteiger partial charge in [-0.2, -0.15) is 8.61 Å². The maximum absolute atomic E-state index is 13.2. The molecular weight excluding hydrogens is 458 g/mol. The summed E-state index contributed by atoms with van der Waals surface area (Å²) in [5, 5.41) is 2.70. The third kappa shape index (κ3) is 4.61. The molecule has 0 radical (unpaired) electrons. The maximum Gasteiger partial charge on any atom is 0.245 e. The number of carbonyl (C=O) groups is 1. The summed E-state index contributed by atoms with van der Waals surface area (Å²) < 4.78 is 65.6. The fourth-order valence-electron chi connectivity index (χ4n) is 4.30. The van der Waals surface area contributed by atoms with E-state index in [0.29, 0.717) is 32.6 Å². The Labute approximate surface area is 188 Å². The minimum atomic E-state index is -3.81. The van der Waals surface area contributed by atoms with Gasteiger partial charge in [0.2, 0.25) is 26.0 Å². The van der Waals surface area contributed by atoms with Gasteiger partial charge < -0.3 is 14.8 Å².